The van der Waals surface area contributed by atoms with E-state index in [1.165, 1.54) is 0 Å². The van der Waals surface area contributed by atoms with E-state index in [1.54, 1.807) is 24.1 Å². The van der Waals surface area contributed by atoms with Gasteiger partial charge in [0.05, 0.1) is 18.2 Å². The van der Waals surface area contributed by atoms with Crippen molar-refractivity contribution in [3.63, 3.8) is 0 Å². The molecule has 6 nitrogen and oxygen atoms in total. The fourth-order valence-electron chi connectivity index (χ4n) is 4.34. The predicted octanol–water partition coefficient (Wildman–Crippen LogP) is 4.53. The van der Waals surface area contributed by atoms with E-state index in [0.29, 0.717) is 23.5 Å². The minimum Gasteiger partial charge on any atom is -0.497 e. The van der Waals surface area contributed by atoms with Crippen LogP contribution >= 0.6 is 0 Å². The lowest BCUT2D eigenvalue weighted by Gasteiger charge is -2.25. The number of hydrogen-bond donors (Lipinski definition) is 1. The van der Waals surface area contributed by atoms with E-state index in [-0.39, 0.29) is 18.4 Å². The number of hydrogen-bond acceptors (Lipinski definition) is 4. The van der Waals surface area contributed by atoms with Crippen molar-refractivity contribution in [1.82, 2.24) is 9.88 Å². The van der Waals surface area contributed by atoms with Crippen molar-refractivity contribution >= 4 is 28.4 Å². The summed E-state index contributed by atoms with van der Waals surface area (Å²) in [5.74, 6) is 0.317. The molecule has 0 unspecified atom stereocenters. The molecule has 166 valence electrons. The molecule has 4 rings (SSSR count). The lowest BCUT2D eigenvalue weighted by molar-refractivity contribution is -0.116. The smallest absolute Gasteiger partial charge is 0.255 e. The van der Waals surface area contributed by atoms with Crippen molar-refractivity contribution in [3.8, 4) is 5.75 Å². The Morgan fingerprint density at radius 2 is 1.94 bits per heavy atom. The van der Waals surface area contributed by atoms with E-state index in [1.807, 2.05) is 44.2 Å². The summed E-state index contributed by atoms with van der Waals surface area (Å²) in [5, 5.41) is 3.75. The monoisotopic (exact) mass is 431 g/mol. The van der Waals surface area contributed by atoms with Gasteiger partial charge >= 0.3 is 0 Å². The predicted molar refractivity (Wildman–Crippen MR) is 126 cm³/mol. The van der Waals surface area contributed by atoms with Gasteiger partial charge in [0.15, 0.2) is 0 Å². The Morgan fingerprint density at radius 3 is 2.72 bits per heavy atom. The highest BCUT2D eigenvalue weighted by Gasteiger charge is 2.26. The quantitative estimate of drug-likeness (QED) is 0.622. The molecule has 0 atom stereocenters. The zero-order chi connectivity index (χ0) is 22.7. The van der Waals surface area contributed by atoms with E-state index in [4.69, 9.17) is 9.72 Å². The van der Waals surface area contributed by atoms with E-state index >= 15 is 0 Å². The van der Waals surface area contributed by atoms with Gasteiger partial charge in [-0.1, -0.05) is 17.7 Å². The lowest BCUT2D eigenvalue weighted by atomic mass is 9.89. The number of fused-ring (bicyclic) bond motifs is 2. The summed E-state index contributed by atoms with van der Waals surface area (Å²) in [6.07, 6.45) is 3.88. The van der Waals surface area contributed by atoms with Gasteiger partial charge in [-0.3, -0.25) is 14.6 Å². The van der Waals surface area contributed by atoms with Crippen LogP contribution in [0.25, 0.3) is 10.9 Å². The Labute approximate surface area is 188 Å². The molecule has 2 aromatic carbocycles. The third-order valence-corrected chi connectivity index (χ3v) is 5.99. The standard InChI is InChI=1S/C26H29N3O3/c1-4-29(16-24(30)27-18-8-7-9-19(15-18)32-3)26(31)25-20-10-5-6-11-22(20)28-23-13-12-17(2)14-21(23)25/h7-9,12-15H,4-6,10-11,16H2,1-3H3,(H,27,30). The van der Waals surface area contributed by atoms with Crippen molar-refractivity contribution < 1.29 is 14.3 Å². The highest BCUT2D eigenvalue weighted by atomic mass is 16.5. The minimum absolute atomic E-state index is 0.0169. The molecular weight excluding hydrogens is 402 g/mol. The van der Waals surface area contributed by atoms with Gasteiger partial charge in [0.25, 0.3) is 5.91 Å². The second-order valence-electron chi connectivity index (χ2n) is 8.24. The molecular formula is C26H29N3O3. The van der Waals surface area contributed by atoms with Gasteiger partial charge in [-0.05, 0) is 69.4 Å². The van der Waals surface area contributed by atoms with Crippen LogP contribution in [-0.2, 0) is 17.6 Å². The third-order valence-electron chi connectivity index (χ3n) is 5.99. The van der Waals surface area contributed by atoms with Gasteiger partial charge in [-0.2, -0.15) is 0 Å². The molecule has 0 saturated heterocycles. The van der Waals surface area contributed by atoms with Gasteiger partial charge in [0, 0.05) is 29.4 Å². The zero-order valence-electron chi connectivity index (χ0n) is 18.9. The van der Waals surface area contributed by atoms with Gasteiger partial charge in [-0.15, -0.1) is 0 Å². The van der Waals surface area contributed by atoms with Crippen molar-refractivity contribution in [3.05, 3.63) is 64.8 Å². The number of amides is 2. The molecule has 6 heteroatoms. The fourth-order valence-corrected chi connectivity index (χ4v) is 4.34. The zero-order valence-corrected chi connectivity index (χ0v) is 18.9. The number of rotatable bonds is 6. The van der Waals surface area contributed by atoms with Crippen molar-refractivity contribution in [2.45, 2.75) is 39.5 Å². The SMILES string of the molecule is CCN(CC(=O)Nc1cccc(OC)c1)C(=O)c1c2c(nc3ccc(C)cc13)CCCC2. The topological polar surface area (TPSA) is 71.5 Å². The Hall–Kier alpha value is -3.41. The van der Waals surface area contributed by atoms with Gasteiger partial charge in [0.1, 0.15) is 12.3 Å². The summed E-state index contributed by atoms with van der Waals surface area (Å²) in [4.78, 5) is 33.0. The van der Waals surface area contributed by atoms with Crippen molar-refractivity contribution in [2.24, 2.45) is 0 Å². The highest BCUT2D eigenvalue weighted by Crippen LogP contribution is 2.31. The molecule has 0 aliphatic heterocycles. The number of ether oxygens (including phenoxy) is 1. The summed E-state index contributed by atoms with van der Waals surface area (Å²) in [5.41, 5.74) is 5.35. The van der Waals surface area contributed by atoms with E-state index in [0.717, 1.165) is 53.4 Å². The maximum absolute atomic E-state index is 13.8. The fraction of sp³-hybridized carbons (Fsp3) is 0.346. The molecule has 2 amide bonds. The number of aryl methyl sites for hydroxylation is 2. The molecule has 1 aromatic heterocycles. The molecule has 3 aromatic rings. The molecule has 0 radical (unpaired) electrons. The number of methoxy groups -OCH3 is 1. The first-order valence-electron chi connectivity index (χ1n) is 11.2. The Bertz CT molecular complexity index is 1170. The van der Waals surface area contributed by atoms with E-state index < -0.39 is 0 Å². The number of anilines is 1. The van der Waals surface area contributed by atoms with Crippen LogP contribution in [0.15, 0.2) is 42.5 Å². The Kier molecular flexibility index (Phi) is 6.40. The lowest BCUT2D eigenvalue weighted by Crippen LogP contribution is -2.38. The minimum atomic E-state index is -0.239. The molecule has 0 saturated carbocycles. The van der Waals surface area contributed by atoms with Crippen LogP contribution in [0.4, 0.5) is 5.69 Å². The molecule has 1 heterocycles. The Balaban J connectivity index is 1.64. The summed E-state index contributed by atoms with van der Waals surface area (Å²) in [7, 11) is 1.58. The summed E-state index contributed by atoms with van der Waals surface area (Å²) < 4.78 is 5.22. The maximum Gasteiger partial charge on any atom is 0.255 e. The number of benzene rings is 2. The second kappa shape index (κ2) is 9.39. The number of pyridine rings is 1. The van der Waals surface area contributed by atoms with Crippen LogP contribution in [0.2, 0.25) is 0 Å². The van der Waals surface area contributed by atoms with Gasteiger partial charge in [0.2, 0.25) is 5.91 Å². The van der Waals surface area contributed by atoms with Gasteiger partial charge < -0.3 is 15.0 Å². The highest BCUT2D eigenvalue weighted by molar-refractivity contribution is 6.09. The molecule has 0 fully saturated rings. The molecule has 32 heavy (non-hydrogen) atoms. The molecule has 0 bridgehead atoms. The number of nitrogens with zero attached hydrogens (tertiary/aromatic N) is 2. The number of carbonyl (C=O) groups excluding carboxylic acids is 2. The maximum atomic E-state index is 13.8. The molecule has 1 aliphatic rings. The van der Waals surface area contributed by atoms with Crippen LogP contribution in [0, 0.1) is 6.92 Å². The number of nitrogens with one attached hydrogen (secondary N) is 1. The number of carbonyl (C=O) groups is 2. The number of aromatic nitrogens is 1. The van der Waals surface area contributed by atoms with E-state index in [2.05, 4.69) is 5.32 Å². The summed E-state index contributed by atoms with van der Waals surface area (Å²) >= 11 is 0. The van der Waals surface area contributed by atoms with Crippen LogP contribution < -0.4 is 10.1 Å². The van der Waals surface area contributed by atoms with Crippen LogP contribution in [0.1, 0.15) is 46.9 Å². The first-order chi connectivity index (χ1) is 15.5. The van der Waals surface area contributed by atoms with Crippen molar-refractivity contribution in [1.29, 1.82) is 0 Å². The molecule has 0 spiro atoms. The van der Waals surface area contributed by atoms with Crippen LogP contribution in [0.3, 0.4) is 0 Å². The molecule has 1 aliphatic carbocycles. The third kappa shape index (κ3) is 4.44. The summed E-state index contributed by atoms with van der Waals surface area (Å²) in [6, 6.07) is 13.2. The van der Waals surface area contributed by atoms with Gasteiger partial charge in [-0.25, -0.2) is 0 Å². The Morgan fingerprint density at radius 1 is 1.12 bits per heavy atom. The number of likely N-dealkylation sites (N-methyl/N-ethyl adjacent to an activating group) is 1. The van der Waals surface area contributed by atoms with Crippen LogP contribution in [0.5, 0.6) is 5.75 Å². The first-order valence-corrected chi connectivity index (χ1v) is 11.2. The second-order valence-corrected chi connectivity index (χ2v) is 8.24. The summed E-state index contributed by atoms with van der Waals surface area (Å²) in [6.45, 7) is 4.34. The van der Waals surface area contributed by atoms with Crippen molar-refractivity contribution in [2.75, 3.05) is 25.5 Å². The van der Waals surface area contributed by atoms with E-state index in [9.17, 15) is 9.59 Å². The van der Waals surface area contributed by atoms with Crippen LogP contribution in [-0.4, -0.2) is 41.9 Å². The first kappa shape index (κ1) is 21.8. The molecule has 1 N–H and O–H groups in total. The normalized spacial score (nSPS) is 12.8. The average Bonchev–Trinajstić information content (AvgIpc) is 2.80. The average molecular weight is 432 g/mol. The largest absolute Gasteiger partial charge is 0.497 e.